The van der Waals surface area contributed by atoms with Gasteiger partial charge < -0.3 is 10.2 Å². The summed E-state index contributed by atoms with van der Waals surface area (Å²) in [5.41, 5.74) is 1.31. The molecule has 0 aromatic heterocycles. The van der Waals surface area contributed by atoms with Crippen LogP contribution in [0.4, 0.5) is 0 Å². The van der Waals surface area contributed by atoms with Crippen molar-refractivity contribution in [2.75, 3.05) is 20.1 Å². The first kappa shape index (κ1) is 10.0. The van der Waals surface area contributed by atoms with Crippen molar-refractivity contribution in [1.82, 2.24) is 10.2 Å². The van der Waals surface area contributed by atoms with Crippen molar-refractivity contribution in [2.45, 2.75) is 38.1 Å². The lowest BCUT2D eigenvalue weighted by molar-refractivity contribution is 0.165. The Kier molecular flexibility index (Phi) is 3.12. The summed E-state index contributed by atoms with van der Waals surface area (Å²) in [4.78, 5) is 2.34. The van der Waals surface area contributed by atoms with Crippen LogP contribution in [-0.2, 0) is 0 Å². The summed E-state index contributed by atoms with van der Waals surface area (Å²) in [5.74, 6) is 0.759. The lowest BCUT2D eigenvalue weighted by Gasteiger charge is -2.39. The molecule has 1 N–H and O–H groups in total. The molecule has 1 saturated heterocycles. The summed E-state index contributed by atoms with van der Waals surface area (Å²) in [7, 11) is 2.17. The first-order valence-corrected chi connectivity index (χ1v) is 5.89. The van der Waals surface area contributed by atoms with Crippen LogP contribution in [0.1, 0.15) is 32.1 Å². The lowest BCUT2D eigenvalue weighted by atomic mass is 9.87. The highest BCUT2D eigenvalue weighted by atomic mass is 15.2. The summed E-state index contributed by atoms with van der Waals surface area (Å²) in [6.07, 6.45) is 6.94. The standard InChI is InChI=1S/C12H22N2/c1-10(11-6-4-3-5-7-11)13-12-8-14(2)9-12/h11-13H,1,3-9H2,2H3. The van der Waals surface area contributed by atoms with E-state index in [1.54, 1.807) is 0 Å². The van der Waals surface area contributed by atoms with Crippen molar-refractivity contribution >= 4 is 0 Å². The van der Waals surface area contributed by atoms with Crippen LogP contribution in [0, 0.1) is 5.92 Å². The second kappa shape index (κ2) is 4.35. The monoisotopic (exact) mass is 194 g/mol. The van der Waals surface area contributed by atoms with Gasteiger partial charge in [-0.05, 0) is 25.8 Å². The van der Waals surface area contributed by atoms with E-state index in [9.17, 15) is 0 Å². The topological polar surface area (TPSA) is 15.3 Å². The van der Waals surface area contributed by atoms with Crippen LogP contribution in [0.2, 0.25) is 0 Å². The number of nitrogens with zero attached hydrogens (tertiary/aromatic N) is 1. The Hall–Kier alpha value is -0.500. The van der Waals surface area contributed by atoms with Gasteiger partial charge in [0.25, 0.3) is 0 Å². The molecule has 80 valence electrons. The maximum atomic E-state index is 4.20. The molecule has 14 heavy (non-hydrogen) atoms. The van der Waals surface area contributed by atoms with Crippen LogP contribution in [0.3, 0.4) is 0 Å². The predicted molar refractivity (Wildman–Crippen MR) is 60.1 cm³/mol. The normalized spacial score (nSPS) is 25.8. The molecule has 1 saturated carbocycles. The van der Waals surface area contributed by atoms with Crippen LogP contribution >= 0.6 is 0 Å². The van der Waals surface area contributed by atoms with E-state index in [4.69, 9.17) is 0 Å². The number of hydrogen-bond donors (Lipinski definition) is 1. The number of hydrogen-bond acceptors (Lipinski definition) is 2. The van der Waals surface area contributed by atoms with Gasteiger partial charge in [-0.3, -0.25) is 0 Å². The third-order valence-electron chi connectivity index (χ3n) is 3.55. The summed E-state index contributed by atoms with van der Waals surface area (Å²) in [6.45, 7) is 6.57. The highest BCUT2D eigenvalue weighted by Gasteiger charge is 2.25. The van der Waals surface area contributed by atoms with Crippen LogP contribution in [0.25, 0.3) is 0 Å². The molecule has 2 nitrogen and oxygen atoms in total. The highest BCUT2D eigenvalue weighted by Crippen LogP contribution is 2.28. The fourth-order valence-electron chi connectivity index (χ4n) is 2.62. The Morgan fingerprint density at radius 1 is 1.21 bits per heavy atom. The van der Waals surface area contributed by atoms with Gasteiger partial charge in [-0.15, -0.1) is 0 Å². The highest BCUT2D eigenvalue weighted by molar-refractivity contribution is 5.03. The Labute approximate surface area is 87.4 Å². The molecule has 0 atom stereocenters. The smallest absolute Gasteiger partial charge is 0.0512 e. The van der Waals surface area contributed by atoms with Crippen LogP contribution < -0.4 is 5.32 Å². The molecule has 2 aliphatic rings. The molecule has 2 fully saturated rings. The van der Waals surface area contributed by atoms with E-state index in [2.05, 4.69) is 23.8 Å². The Balaban J connectivity index is 1.71. The Morgan fingerprint density at radius 2 is 1.86 bits per heavy atom. The van der Waals surface area contributed by atoms with Crippen molar-refractivity contribution in [3.63, 3.8) is 0 Å². The molecular formula is C12H22N2. The molecule has 1 aliphatic carbocycles. The summed E-state index contributed by atoms with van der Waals surface area (Å²) in [5, 5.41) is 3.58. The van der Waals surface area contributed by atoms with Crippen LogP contribution in [0.5, 0.6) is 0 Å². The predicted octanol–water partition coefficient (Wildman–Crippen LogP) is 1.98. The Bertz CT molecular complexity index is 200. The fraction of sp³-hybridized carbons (Fsp3) is 0.833. The quantitative estimate of drug-likeness (QED) is 0.739. The Morgan fingerprint density at radius 3 is 2.43 bits per heavy atom. The van der Waals surface area contributed by atoms with Gasteiger partial charge in [-0.25, -0.2) is 0 Å². The number of rotatable bonds is 3. The first-order chi connectivity index (χ1) is 6.75. The average Bonchev–Trinajstić information content (AvgIpc) is 2.17. The van der Waals surface area contributed by atoms with E-state index >= 15 is 0 Å². The number of nitrogens with one attached hydrogen (secondary N) is 1. The van der Waals surface area contributed by atoms with E-state index in [1.807, 2.05) is 0 Å². The summed E-state index contributed by atoms with van der Waals surface area (Å²) in [6, 6.07) is 0.675. The molecule has 2 rings (SSSR count). The third kappa shape index (κ3) is 2.30. The molecule has 1 heterocycles. The molecule has 2 heteroatoms. The molecule has 0 aromatic carbocycles. The van der Waals surface area contributed by atoms with E-state index in [-0.39, 0.29) is 0 Å². The zero-order valence-electron chi connectivity index (χ0n) is 9.26. The molecule has 0 spiro atoms. The number of allylic oxidation sites excluding steroid dienone is 1. The van der Waals surface area contributed by atoms with Crippen molar-refractivity contribution in [3.8, 4) is 0 Å². The van der Waals surface area contributed by atoms with Crippen molar-refractivity contribution in [2.24, 2.45) is 5.92 Å². The van der Waals surface area contributed by atoms with Gasteiger partial charge in [-0.1, -0.05) is 25.8 Å². The van der Waals surface area contributed by atoms with Gasteiger partial charge in [0.2, 0.25) is 0 Å². The third-order valence-corrected chi connectivity index (χ3v) is 3.55. The molecule has 1 aliphatic heterocycles. The molecule has 0 aromatic rings. The van der Waals surface area contributed by atoms with Crippen LogP contribution in [-0.4, -0.2) is 31.1 Å². The number of likely N-dealkylation sites (tertiary alicyclic amines) is 1. The largest absolute Gasteiger partial charge is 0.383 e. The molecule has 0 amide bonds. The minimum atomic E-state index is 0.675. The van der Waals surface area contributed by atoms with Crippen molar-refractivity contribution < 1.29 is 0 Å². The van der Waals surface area contributed by atoms with Crippen molar-refractivity contribution in [1.29, 1.82) is 0 Å². The van der Waals surface area contributed by atoms with Gasteiger partial charge in [0.15, 0.2) is 0 Å². The number of likely N-dealkylation sites (N-methyl/N-ethyl adjacent to an activating group) is 1. The maximum Gasteiger partial charge on any atom is 0.0512 e. The molecular weight excluding hydrogens is 172 g/mol. The van der Waals surface area contributed by atoms with Crippen LogP contribution in [0.15, 0.2) is 12.3 Å². The van der Waals surface area contributed by atoms with E-state index in [1.165, 1.54) is 50.9 Å². The van der Waals surface area contributed by atoms with Gasteiger partial charge >= 0.3 is 0 Å². The lowest BCUT2D eigenvalue weighted by Crippen LogP contribution is -2.56. The van der Waals surface area contributed by atoms with Gasteiger partial charge in [-0.2, -0.15) is 0 Å². The van der Waals surface area contributed by atoms with E-state index in [0.29, 0.717) is 6.04 Å². The molecule has 0 radical (unpaired) electrons. The van der Waals surface area contributed by atoms with Gasteiger partial charge in [0.1, 0.15) is 0 Å². The minimum Gasteiger partial charge on any atom is -0.383 e. The van der Waals surface area contributed by atoms with Gasteiger partial charge in [0.05, 0.1) is 6.04 Å². The zero-order valence-corrected chi connectivity index (χ0v) is 9.26. The SMILES string of the molecule is C=C(NC1CN(C)C1)C1CCCCC1. The maximum absolute atomic E-state index is 4.20. The molecule has 0 bridgehead atoms. The van der Waals surface area contributed by atoms with E-state index in [0.717, 1.165) is 5.92 Å². The first-order valence-electron chi connectivity index (χ1n) is 5.89. The second-order valence-corrected chi connectivity index (χ2v) is 4.92. The summed E-state index contributed by atoms with van der Waals surface area (Å²) < 4.78 is 0. The molecule has 0 unspecified atom stereocenters. The average molecular weight is 194 g/mol. The minimum absolute atomic E-state index is 0.675. The van der Waals surface area contributed by atoms with Crippen molar-refractivity contribution in [3.05, 3.63) is 12.3 Å². The fourth-order valence-corrected chi connectivity index (χ4v) is 2.62. The second-order valence-electron chi connectivity index (χ2n) is 4.92. The summed E-state index contributed by atoms with van der Waals surface area (Å²) >= 11 is 0. The van der Waals surface area contributed by atoms with Gasteiger partial charge in [0, 0.05) is 18.8 Å². The van der Waals surface area contributed by atoms with E-state index < -0.39 is 0 Å². The zero-order chi connectivity index (χ0) is 9.97.